The van der Waals surface area contributed by atoms with Gasteiger partial charge in [-0.1, -0.05) is 102 Å². The second-order valence-corrected chi connectivity index (χ2v) is 17.8. The molecule has 0 aliphatic heterocycles. The molecule has 16 heteroatoms. The van der Waals surface area contributed by atoms with Crippen molar-refractivity contribution in [3.63, 3.8) is 0 Å². The predicted molar refractivity (Wildman–Crippen MR) is 307 cm³/mol. The molecule has 0 aliphatic carbocycles. The van der Waals surface area contributed by atoms with Crippen molar-refractivity contribution in [1.29, 1.82) is 0 Å². The zero-order valence-corrected chi connectivity index (χ0v) is 57.7. The van der Waals surface area contributed by atoms with Crippen molar-refractivity contribution in [2.45, 2.75) is 20.8 Å². The molecule has 7 aromatic carbocycles. The smallest absolute Gasteiger partial charge is 0.204 e. The van der Waals surface area contributed by atoms with Gasteiger partial charge in [-0.3, -0.25) is 14.4 Å². The zero-order chi connectivity index (χ0) is 56.9. The quantitative estimate of drug-likeness (QED) is 0.0904. The number of aromatic nitrogens is 5. The Morgan fingerprint density at radius 2 is 0.895 bits per heavy atom. The van der Waals surface area contributed by atoms with Crippen molar-refractivity contribution in [3.05, 3.63) is 319 Å². The van der Waals surface area contributed by atoms with Gasteiger partial charge in [0.2, 0.25) is 11.9 Å². The summed E-state index contributed by atoms with van der Waals surface area (Å²) >= 11 is 0. The average Bonchev–Trinajstić information content (AvgIpc) is 3.72. The first-order valence-electron chi connectivity index (χ1n) is 25.3. The summed E-state index contributed by atoms with van der Waals surface area (Å²) in [4.78, 5) is 19.9. The van der Waals surface area contributed by atoms with E-state index in [1.54, 1.807) is 62.5 Å². The molecule has 5 aromatic heterocycles. The first-order valence-corrected chi connectivity index (χ1v) is 25.3. The maximum absolute atomic E-state index is 13.5. The third-order valence-corrected chi connectivity index (χ3v) is 11.8. The Hall–Kier alpha value is -6.88. The van der Waals surface area contributed by atoms with Gasteiger partial charge in [-0.05, 0) is 90.4 Å². The number of aryl methyl sites for hydroxylation is 3. The molecule has 5 radical (unpaired) electrons. The molecule has 12 aromatic rings. The number of benzene rings is 7. The average molecular weight is 2030 g/mol. The minimum atomic E-state index is -0.696. The Kier molecular flexibility index (Phi) is 32.1. The molecular weight excluding hydrogens is 1990 g/mol. The molecule has 0 amide bonds. The van der Waals surface area contributed by atoms with Crippen LogP contribution in [0.4, 0.5) is 26.3 Å². The third-order valence-electron chi connectivity index (χ3n) is 11.8. The summed E-state index contributed by atoms with van der Waals surface area (Å²) in [5.74, 6) is -3.29. The van der Waals surface area contributed by atoms with Crippen LogP contribution >= 0.6 is 0 Å². The predicted octanol–water partition coefficient (Wildman–Crippen LogP) is 17.8. The molecular formula is C70H48F6Ir5N5-5. The standard InChI is InChI=1S/C18H14N.C17H12N.2C12H8F2N.C11H6F2N.5Ir/c1-14-10-11-18(19-13-14)17-9-5-8-16(12-17)15-6-3-2-4-7-15;1-2-7-14(8-3-1)15-9-6-10-16(13-15)17-11-4-5-12-18-17;1-8-5-11(14)12(15-7-8)9-3-2-4-10(13)6-9;1-8-6-7-11(14)15-12(8)9-4-2-3-5-10(9)13;12-9-6-7-10(13)14-11(9)8-4-2-1-3-5-8;;;;;/h2-8,10-13H,1H3;1-9,11-13H;2-5,7H,1H3;2-3,5-7H,1H3;1-4,6-7H;;;;;/q5*-1;;;;;. The molecule has 0 saturated carbocycles. The Bertz CT molecular complexity index is 3900. The summed E-state index contributed by atoms with van der Waals surface area (Å²) in [6.45, 7) is 5.54. The van der Waals surface area contributed by atoms with Crippen molar-refractivity contribution >= 4 is 0 Å². The van der Waals surface area contributed by atoms with Gasteiger partial charge in [0.1, 0.15) is 11.6 Å². The van der Waals surface area contributed by atoms with Crippen LogP contribution in [-0.4, -0.2) is 24.9 Å². The number of rotatable bonds is 7. The largest absolute Gasteiger partial charge is 0.305 e. The van der Waals surface area contributed by atoms with Crippen LogP contribution in [-0.2, 0) is 101 Å². The third kappa shape index (κ3) is 21.8. The first kappa shape index (κ1) is 73.4. The van der Waals surface area contributed by atoms with E-state index in [0.29, 0.717) is 16.8 Å². The second-order valence-electron chi connectivity index (χ2n) is 17.8. The van der Waals surface area contributed by atoms with E-state index in [9.17, 15) is 26.3 Å². The summed E-state index contributed by atoms with van der Waals surface area (Å²) in [6, 6.07) is 79.1. The minimum absolute atomic E-state index is 0. The van der Waals surface area contributed by atoms with Crippen LogP contribution in [0.2, 0.25) is 0 Å². The van der Waals surface area contributed by atoms with Crippen molar-refractivity contribution in [1.82, 2.24) is 24.9 Å². The van der Waals surface area contributed by atoms with Gasteiger partial charge >= 0.3 is 0 Å². The van der Waals surface area contributed by atoms with Crippen LogP contribution in [0.1, 0.15) is 16.7 Å². The minimum Gasteiger partial charge on any atom is -0.305 e. The van der Waals surface area contributed by atoms with E-state index in [2.05, 4.69) is 122 Å². The molecule has 5 heterocycles. The Morgan fingerprint density at radius 3 is 1.45 bits per heavy atom. The molecule has 0 atom stereocenters. The Balaban J connectivity index is 0.000000279. The van der Waals surface area contributed by atoms with Crippen LogP contribution in [0, 0.1) is 86.3 Å². The Labute approximate surface area is 565 Å². The summed E-state index contributed by atoms with van der Waals surface area (Å²) in [6.07, 6.45) is 5.23. The van der Waals surface area contributed by atoms with Gasteiger partial charge < -0.3 is 15.0 Å². The fourth-order valence-electron chi connectivity index (χ4n) is 7.81. The molecule has 0 unspecified atom stereocenters. The fraction of sp³-hybridized carbons (Fsp3) is 0.0429. The number of hydrogen-bond acceptors (Lipinski definition) is 5. The van der Waals surface area contributed by atoms with E-state index in [1.165, 1.54) is 70.4 Å². The number of nitrogens with zero attached hydrogens (tertiary/aromatic N) is 5. The van der Waals surface area contributed by atoms with Gasteiger partial charge in [-0.2, -0.15) is 8.78 Å². The van der Waals surface area contributed by atoms with Gasteiger partial charge in [0, 0.05) is 142 Å². The fourth-order valence-corrected chi connectivity index (χ4v) is 7.81. The van der Waals surface area contributed by atoms with Gasteiger partial charge in [0.25, 0.3) is 0 Å². The van der Waals surface area contributed by atoms with E-state index in [0.717, 1.165) is 45.8 Å². The van der Waals surface area contributed by atoms with E-state index in [1.807, 2.05) is 73.8 Å². The summed E-state index contributed by atoms with van der Waals surface area (Å²) < 4.78 is 78.6. The molecule has 0 fully saturated rings. The molecule has 0 bridgehead atoms. The molecule has 0 saturated heterocycles. The van der Waals surface area contributed by atoms with E-state index in [4.69, 9.17) is 0 Å². The number of halogens is 6. The maximum Gasteiger partial charge on any atom is 0.204 e. The van der Waals surface area contributed by atoms with Crippen LogP contribution in [0.3, 0.4) is 0 Å². The summed E-state index contributed by atoms with van der Waals surface area (Å²) in [5, 5.41) is 0. The van der Waals surface area contributed by atoms with E-state index < -0.39 is 35.2 Å². The maximum atomic E-state index is 13.5. The second kappa shape index (κ2) is 37.6. The van der Waals surface area contributed by atoms with Gasteiger partial charge in [0.05, 0.1) is 0 Å². The number of pyridine rings is 5. The molecule has 0 N–H and O–H groups in total. The van der Waals surface area contributed by atoms with Crippen molar-refractivity contribution in [3.8, 4) is 78.5 Å². The zero-order valence-electron chi connectivity index (χ0n) is 45.7. The van der Waals surface area contributed by atoms with Gasteiger partial charge in [-0.25, -0.2) is 13.2 Å². The van der Waals surface area contributed by atoms with E-state index in [-0.39, 0.29) is 117 Å². The van der Waals surface area contributed by atoms with Crippen molar-refractivity contribution in [2.75, 3.05) is 0 Å². The van der Waals surface area contributed by atoms with Crippen LogP contribution < -0.4 is 0 Å². The normalized spacial score (nSPS) is 9.69. The molecule has 0 spiro atoms. The van der Waals surface area contributed by atoms with Crippen molar-refractivity contribution < 1.29 is 127 Å². The number of hydrogen-bond donors (Lipinski definition) is 0. The molecule has 5 nitrogen and oxygen atoms in total. The summed E-state index contributed by atoms with van der Waals surface area (Å²) in [7, 11) is 0. The van der Waals surface area contributed by atoms with Crippen LogP contribution in [0.5, 0.6) is 0 Å². The van der Waals surface area contributed by atoms with Crippen molar-refractivity contribution in [2.24, 2.45) is 0 Å². The Morgan fingerprint density at radius 1 is 0.337 bits per heavy atom. The summed E-state index contributed by atoms with van der Waals surface area (Å²) in [5.41, 5.74) is 12.8. The topological polar surface area (TPSA) is 64.5 Å². The van der Waals surface area contributed by atoms with E-state index >= 15 is 0 Å². The molecule has 0 aliphatic rings. The monoisotopic (exact) mass is 2040 g/mol. The molecule has 12 rings (SSSR count). The molecule has 445 valence electrons. The van der Waals surface area contributed by atoms with Gasteiger partial charge in [-0.15, -0.1) is 161 Å². The van der Waals surface area contributed by atoms with Crippen LogP contribution in [0.25, 0.3) is 78.5 Å². The first-order chi connectivity index (χ1) is 39.4. The molecule has 86 heavy (non-hydrogen) atoms. The van der Waals surface area contributed by atoms with Gasteiger partial charge in [0.15, 0.2) is 0 Å². The van der Waals surface area contributed by atoms with Crippen LogP contribution in [0.15, 0.2) is 237 Å². The SMILES string of the molecule is Cc1ccc(-c2[c-]ccc(-c3ccccc3)c2)nc1.Cc1ccc(F)nc1-c1[c-]cccc1F.Cc1cnc(-c2[c-]c(F)ccc2)c(F)c1.Fc1ccc(F)c(-c2[c-]cccc2)n1.[Ir].[Ir].[Ir].[Ir].[Ir].[c-]1ccc(-c2ccccc2)cc1-c1ccccn1.